The molecule has 0 aliphatic heterocycles. The summed E-state index contributed by atoms with van der Waals surface area (Å²) in [4.78, 5) is 21.8. The van der Waals surface area contributed by atoms with E-state index < -0.39 is 28.0 Å². The molecule has 0 heterocycles. The lowest BCUT2D eigenvalue weighted by Gasteiger charge is -2.10. The zero-order valence-corrected chi connectivity index (χ0v) is 12.8. The number of nitro benzene ring substituents is 1. The van der Waals surface area contributed by atoms with Gasteiger partial charge in [0.25, 0.3) is 11.6 Å². The molecular formula is C16H12F2N4O3. The van der Waals surface area contributed by atoms with Crippen molar-refractivity contribution in [3.63, 3.8) is 0 Å². The number of nitriles is 1. The van der Waals surface area contributed by atoms with Crippen molar-refractivity contribution in [2.45, 2.75) is 0 Å². The fourth-order valence-electron chi connectivity index (χ4n) is 2.07. The molecular weight excluding hydrogens is 334 g/mol. The Hall–Kier alpha value is -3.54. The number of carbonyl (C=O) groups excluding carboxylic acids is 1. The van der Waals surface area contributed by atoms with Gasteiger partial charge in [-0.05, 0) is 18.2 Å². The van der Waals surface area contributed by atoms with Gasteiger partial charge in [0.1, 0.15) is 23.3 Å². The van der Waals surface area contributed by atoms with E-state index in [1.165, 1.54) is 12.1 Å². The Morgan fingerprint density at radius 2 is 1.88 bits per heavy atom. The molecule has 9 heteroatoms. The molecule has 0 fully saturated rings. The minimum Gasteiger partial charge on any atom is -0.382 e. The van der Waals surface area contributed by atoms with E-state index in [0.717, 1.165) is 24.3 Å². The highest BCUT2D eigenvalue weighted by atomic mass is 19.1. The van der Waals surface area contributed by atoms with Crippen LogP contribution < -0.4 is 10.6 Å². The molecule has 2 N–H and O–H groups in total. The second-order valence-electron chi connectivity index (χ2n) is 4.88. The first-order valence-electron chi connectivity index (χ1n) is 7.08. The molecule has 0 aliphatic carbocycles. The molecule has 2 rings (SSSR count). The molecule has 0 atom stereocenters. The smallest absolute Gasteiger partial charge is 0.270 e. The second-order valence-corrected chi connectivity index (χ2v) is 4.88. The lowest BCUT2D eigenvalue weighted by molar-refractivity contribution is -0.384. The minimum atomic E-state index is -0.965. The van der Waals surface area contributed by atoms with E-state index in [0.29, 0.717) is 5.69 Å². The Balaban J connectivity index is 1.95. The number of non-ortho nitro benzene ring substituents is 1. The first-order chi connectivity index (χ1) is 11.9. The molecule has 0 saturated heterocycles. The Kier molecular flexibility index (Phi) is 5.58. The summed E-state index contributed by atoms with van der Waals surface area (Å²) in [5.41, 5.74) is -0.471. The lowest BCUT2D eigenvalue weighted by atomic mass is 10.1. The van der Waals surface area contributed by atoms with Crippen LogP contribution in [0.25, 0.3) is 0 Å². The first kappa shape index (κ1) is 17.8. The van der Waals surface area contributed by atoms with Crippen LogP contribution in [0, 0.1) is 33.1 Å². The van der Waals surface area contributed by atoms with Crippen molar-refractivity contribution in [1.29, 1.82) is 5.26 Å². The van der Waals surface area contributed by atoms with Crippen LogP contribution in [-0.4, -0.2) is 23.9 Å². The highest BCUT2D eigenvalue weighted by molar-refractivity contribution is 5.94. The topological polar surface area (TPSA) is 108 Å². The Morgan fingerprint density at radius 1 is 1.20 bits per heavy atom. The van der Waals surface area contributed by atoms with Crippen LogP contribution in [0.15, 0.2) is 36.4 Å². The van der Waals surface area contributed by atoms with Crippen LogP contribution >= 0.6 is 0 Å². The van der Waals surface area contributed by atoms with Crippen LogP contribution in [0.3, 0.4) is 0 Å². The zero-order valence-electron chi connectivity index (χ0n) is 12.8. The number of nitrogens with one attached hydrogen (secondary N) is 2. The van der Waals surface area contributed by atoms with E-state index in [-0.39, 0.29) is 24.3 Å². The maximum absolute atomic E-state index is 13.5. The monoisotopic (exact) mass is 346 g/mol. The standard InChI is InChI=1S/C16H12F2N4O3/c17-12-2-1-3-13(18)15(12)16(23)21-7-6-20-14-5-4-11(22(24)25)8-10(14)9-19/h1-5,8,20H,6-7H2,(H,21,23). The highest BCUT2D eigenvalue weighted by Gasteiger charge is 2.16. The SMILES string of the molecule is N#Cc1cc([N+](=O)[O-])ccc1NCCNC(=O)c1c(F)cccc1F. The third-order valence-corrected chi connectivity index (χ3v) is 3.25. The summed E-state index contributed by atoms with van der Waals surface area (Å²) < 4.78 is 26.9. The van der Waals surface area contributed by atoms with Gasteiger partial charge >= 0.3 is 0 Å². The predicted octanol–water partition coefficient (Wildman–Crippen LogP) is 2.59. The summed E-state index contributed by atoms with van der Waals surface area (Å²) in [6.45, 7) is 0.169. The van der Waals surface area contributed by atoms with Gasteiger partial charge in [0.05, 0.1) is 16.2 Å². The summed E-state index contributed by atoms with van der Waals surface area (Å²) in [5, 5.41) is 24.9. The molecule has 2 aromatic rings. The van der Waals surface area contributed by atoms with Crippen molar-refractivity contribution in [2.75, 3.05) is 18.4 Å². The number of benzene rings is 2. The fraction of sp³-hybridized carbons (Fsp3) is 0.125. The van der Waals surface area contributed by atoms with Gasteiger partial charge in [0.15, 0.2) is 0 Å². The molecule has 0 radical (unpaired) electrons. The number of nitro groups is 1. The van der Waals surface area contributed by atoms with Gasteiger partial charge in [-0.3, -0.25) is 14.9 Å². The molecule has 0 aromatic heterocycles. The number of hydrogen-bond acceptors (Lipinski definition) is 5. The molecule has 0 aliphatic rings. The second kappa shape index (κ2) is 7.83. The molecule has 0 spiro atoms. The first-order valence-corrected chi connectivity index (χ1v) is 7.08. The van der Waals surface area contributed by atoms with E-state index in [4.69, 9.17) is 5.26 Å². The van der Waals surface area contributed by atoms with Crippen molar-refractivity contribution in [1.82, 2.24) is 5.32 Å². The number of carbonyl (C=O) groups is 1. The van der Waals surface area contributed by atoms with Crippen molar-refractivity contribution in [3.8, 4) is 6.07 Å². The van der Waals surface area contributed by atoms with Crippen molar-refractivity contribution < 1.29 is 18.5 Å². The summed E-state index contributed by atoms with van der Waals surface area (Å²) in [7, 11) is 0. The van der Waals surface area contributed by atoms with Gasteiger partial charge in [0.2, 0.25) is 0 Å². The van der Waals surface area contributed by atoms with Gasteiger partial charge in [-0.15, -0.1) is 0 Å². The number of nitrogens with zero attached hydrogens (tertiary/aromatic N) is 2. The number of amides is 1. The highest BCUT2D eigenvalue weighted by Crippen LogP contribution is 2.21. The van der Waals surface area contributed by atoms with Crippen molar-refractivity contribution >= 4 is 17.3 Å². The van der Waals surface area contributed by atoms with E-state index >= 15 is 0 Å². The predicted molar refractivity (Wildman–Crippen MR) is 85.0 cm³/mol. The number of anilines is 1. The van der Waals surface area contributed by atoms with E-state index in [1.807, 2.05) is 6.07 Å². The Bertz CT molecular complexity index is 845. The van der Waals surface area contributed by atoms with Crippen LogP contribution in [0.5, 0.6) is 0 Å². The van der Waals surface area contributed by atoms with Crippen molar-refractivity contribution in [3.05, 3.63) is 69.3 Å². The molecule has 0 bridgehead atoms. The minimum absolute atomic E-state index is 0.0223. The molecule has 2 aromatic carbocycles. The number of hydrogen-bond donors (Lipinski definition) is 2. The van der Waals surface area contributed by atoms with Crippen LogP contribution in [0.1, 0.15) is 15.9 Å². The Morgan fingerprint density at radius 3 is 2.48 bits per heavy atom. The third-order valence-electron chi connectivity index (χ3n) is 3.25. The maximum Gasteiger partial charge on any atom is 0.270 e. The fourth-order valence-corrected chi connectivity index (χ4v) is 2.07. The van der Waals surface area contributed by atoms with Crippen LogP contribution in [-0.2, 0) is 0 Å². The molecule has 7 nitrogen and oxygen atoms in total. The molecule has 128 valence electrons. The molecule has 0 saturated carbocycles. The van der Waals surface area contributed by atoms with E-state index in [2.05, 4.69) is 10.6 Å². The Labute approximate surface area is 141 Å². The van der Waals surface area contributed by atoms with Gasteiger partial charge < -0.3 is 10.6 Å². The average molecular weight is 346 g/mol. The van der Waals surface area contributed by atoms with Crippen LogP contribution in [0.2, 0.25) is 0 Å². The van der Waals surface area contributed by atoms with Gasteiger partial charge in [-0.1, -0.05) is 6.07 Å². The number of halogens is 2. The summed E-state index contributed by atoms with van der Waals surface area (Å²) in [6, 6.07) is 8.66. The van der Waals surface area contributed by atoms with Gasteiger partial charge in [0, 0.05) is 25.2 Å². The molecule has 0 unspecified atom stereocenters. The largest absolute Gasteiger partial charge is 0.382 e. The van der Waals surface area contributed by atoms with Crippen molar-refractivity contribution in [2.24, 2.45) is 0 Å². The van der Waals surface area contributed by atoms with Gasteiger partial charge in [-0.2, -0.15) is 5.26 Å². The summed E-state index contributed by atoms with van der Waals surface area (Å²) in [5.74, 6) is -2.83. The average Bonchev–Trinajstić information content (AvgIpc) is 2.58. The normalized spacial score (nSPS) is 9.96. The summed E-state index contributed by atoms with van der Waals surface area (Å²) in [6.07, 6.45) is 0. The quantitative estimate of drug-likeness (QED) is 0.475. The third kappa shape index (κ3) is 4.26. The molecule has 25 heavy (non-hydrogen) atoms. The zero-order chi connectivity index (χ0) is 18.4. The lowest BCUT2D eigenvalue weighted by Crippen LogP contribution is -2.30. The van der Waals surface area contributed by atoms with E-state index in [9.17, 15) is 23.7 Å². The van der Waals surface area contributed by atoms with Crippen LogP contribution in [0.4, 0.5) is 20.2 Å². The summed E-state index contributed by atoms with van der Waals surface area (Å²) >= 11 is 0. The number of rotatable bonds is 6. The van der Waals surface area contributed by atoms with E-state index in [1.54, 1.807) is 0 Å². The maximum atomic E-state index is 13.5. The van der Waals surface area contributed by atoms with Gasteiger partial charge in [-0.25, -0.2) is 8.78 Å². The molecule has 1 amide bonds.